The van der Waals surface area contributed by atoms with E-state index in [1.165, 1.54) is 0 Å². The zero-order valence-corrected chi connectivity index (χ0v) is 13.0. The van der Waals surface area contributed by atoms with Crippen LogP contribution in [0.15, 0.2) is 40.9 Å². The van der Waals surface area contributed by atoms with E-state index in [0.29, 0.717) is 10.6 Å². The third-order valence-electron chi connectivity index (χ3n) is 3.09. The molecule has 2 rings (SSSR count). The van der Waals surface area contributed by atoms with Gasteiger partial charge in [0.25, 0.3) is 0 Å². The van der Waals surface area contributed by atoms with Crippen LogP contribution in [0.5, 0.6) is 0 Å². The van der Waals surface area contributed by atoms with Gasteiger partial charge in [0.2, 0.25) is 0 Å². The number of hydrogen-bond donors (Lipinski definition) is 1. The van der Waals surface area contributed by atoms with Crippen LogP contribution in [0.25, 0.3) is 0 Å². The van der Waals surface area contributed by atoms with Crippen molar-refractivity contribution in [2.45, 2.75) is 13.0 Å². The van der Waals surface area contributed by atoms with Crippen LogP contribution in [0.3, 0.4) is 0 Å². The molecular weight excluding hydrogens is 329 g/mol. The Labute approximate surface area is 125 Å². The molecule has 0 saturated carbocycles. The third kappa shape index (κ3) is 3.16. The molecule has 1 N–H and O–H groups in total. The van der Waals surface area contributed by atoms with E-state index < -0.39 is 0 Å². The molecular formula is C15H14BrClFN. The predicted molar refractivity (Wildman–Crippen MR) is 81.2 cm³/mol. The minimum atomic E-state index is -0.198. The minimum absolute atomic E-state index is 0.108. The van der Waals surface area contributed by atoms with E-state index in [2.05, 4.69) is 21.2 Å². The van der Waals surface area contributed by atoms with Gasteiger partial charge in [-0.15, -0.1) is 0 Å². The zero-order valence-electron chi connectivity index (χ0n) is 10.7. The van der Waals surface area contributed by atoms with Crippen LogP contribution in [0.1, 0.15) is 22.7 Å². The predicted octanol–water partition coefficient (Wildman–Crippen LogP) is 4.86. The van der Waals surface area contributed by atoms with Crippen molar-refractivity contribution in [1.82, 2.24) is 5.32 Å². The lowest BCUT2D eigenvalue weighted by Gasteiger charge is -2.19. The summed E-state index contributed by atoms with van der Waals surface area (Å²) in [5.41, 5.74) is 2.50. The molecule has 4 heteroatoms. The standard InChI is InChI=1S/C15H14BrClFN/c1-9-3-4-10(7-14(9)18)15(19-2)12-8-11(17)5-6-13(12)16/h3-8,15,19H,1-2H3. The van der Waals surface area contributed by atoms with Gasteiger partial charge in [-0.3, -0.25) is 0 Å². The average molecular weight is 343 g/mol. The van der Waals surface area contributed by atoms with Gasteiger partial charge in [-0.05, 0) is 54.9 Å². The Morgan fingerprint density at radius 3 is 2.58 bits per heavy atom. The molecule has 2 aromatic rings. The van der Waals surface area contributed by atoms with E-state index >= 15 is 0 Å². The molecule has 0 amide bonds. The average Bonchev–Trinajstić information content (AvgIpc) is 2.38. The topological polar surface area (TPSA) is 12.0 Å². The highest BCUT2D eigenvalue weighted by atomic mass is 79.9. The molecule has 1 nitrogen and oxygen atoms in total. The van der Waals surface area contributed by atoms with Crippen LogP contribution >= 0.6 is 27.5 Å². The lowest BCUT2D eigenvalue weighted by atomic mass is 9.98. The molecule has 0 aliphatic rings. The summed E-state index contributed by atoms with van der Waals surface area (Å²) < 4.78 is 14.6. The molecule has 0 aliphatic carbocycles. The quantitative estimate of drug-likeness (QED) is 0.840. The Bertz CT molecular complexity index is 601. The van der Waals surface area contributed by atoms with E-state index in [4.69, 9.17) is 11.6 Å². The summed E-state index contributed by atoms with van der Waals surface area (Å²) in [7, 11) is 1.84. The van der Waals surface area contributed by atoms with Crippen molar-refractivity contribution in [3.05, 3.63) is 68.4 Å². The lowest BCUT2D eigenvalue weighted by molar-refractivity contribution is 0.608. The highest BCUT2D eigenvalue weighted by Gasteiger charge is 2.16. The Hall–Kier alpha value is -0.900. The van der Waals surface area contributed by atoms with Gasteiger partial charge < -0.3 is 5.32 Å². The molecule has 0 aliphatic heterocycles. The highest BCUT2D eigenvalue weighted by Crippen LogP contribution is 2.31. The van der Waals surface area contributed by atoms with Crippen LogP contribution < -0.4 is 5.32 Å². The first-order chi connectivity index (χ1) is 9.02. The fourth-order valence-electron chi connectivity index (χ4n) is 2.03. The first-order valence-electron chi connectivity index (χ1n) is 5.91. The van der Waals surface area contributed by atoms with Crippen LogP contribution in [-0.2, 0) is 0 Å². The van der Waals surface area contributed by atoms with Crippen molar-refractivity contribution >= 4 is 27.5 Å². The van der Waals surface area contributed by atoms with Crippen molar-refractivity contribution in [3.63, 3.8) is 0 Å². The monoisotopic (exact) mass is 341 g/mol. The second kappa shape index (κ2) is 6.04. The Morgan fingerprint density at radius 2 is 1.95 bits per heavy atom. The Kier molecular flexibility index (Phi) is 4.61. The number of aryl methyl sites for hydroxylation is 1. The van der Waals surface area contributed by atoms with Crippen LogP contribution in [0, 0.1) is 12.7 Å². The summed E-state index contributed by atoms with van der Waals surface area (Å²) >= 11 is 9.55. The van der Waals surface area contributed by atoms with Gasteiger partial charge >= 0.3 is 0 Å². The van der Waals surface area contributed by atoms with Gasteiger partial charge in [0.15, 0.2) is 0 Å². The minimum Gasteiger partial charge on any atom is -0.309 e. The number of hydrogen-bond acceptors (Lipinski definition) is 1. The van der Waals surface area contributed by atoms with E-state index in [0.717, 1.165) is 15.6 Å². The van der Waals surface area contributed by atoms with E-state index in [9.17, 15) is 4.39 Å². The molecule has 1 unspecified atom stereocenters. The molecule has 0 bridgehead atoms. The Morgan fingerprint density at radius 1 is 1.21 bits per heavy atom. The molecule has 0 aromatic heterocycles. The lowest BCUT2D eigenvalue weighted by Crippen LogP contribution is -2.18. The molecule has 19 heavy (non-hydrogen) atoms. The highest BCUT2D eigenvalue weighted by molar-refractivity contribution is 9.10. The van der Waals surface area contributed by atoms with E-state index in [1.54, 1.807) is 19.1 Å². The van der Waals surface area contributed by atoms with E-state index in [-0.39, 0.29) is 11.9 Å². The van der Waals surface area contributed by atoms with Crippen LogP contribution in [-0.4, -0.2) is 7.05 Å². The van der Waals surface area contributed by atoms with Gasteiger partial charge in [-0.2, -0.15) is 0 Å². The fraction of sp³-hybridized carbons (Fsp3) is 0.200. The van der Waals surface area contributed by atoms with Crippen molar-refractivity contribution < 1.29 is 4.39 Å². The smallest absolute Gasteiger partial charge is 0.126 e. The van der Waals surface area contributed by atoms with Crippen LogP contribution in [0.4, 0.5) is 4.39 Å². The van der Waals surface area contributed by atoms with Gasteiger partial charge in [-0.1, -0.05) is 39.7 Å². The molecule has 0 fully saturated rings. The number of nitrogens with one attached hydrogen (secondary N) is 1. The summed E-state index contributed by atoms with van der Waals surface area (Å²) in [6, 6.07) is 10.8. The van der Waals surface area contributed by atoms with Gasteiger partial charge in [0.05, 0.1) is 6.04 Å². The summed E-state index contributed by atoms with van der Waals surface area (Å²) in [5, 5.41) is 3.85. The maximum Gasteiger partial charge on any atom is 0.126 e. The van der Waals surface area contributed by atoms with Crippen molar-refractivity contribution in [1.29, 1.82) is 0 Å². The number of halogens is 3. The SMILES string of the molecule is CNC(c1ccc(C)c(F)c1)c1cc(Cl)ccc1Br. The summed E-state index contributed by atoms with van der Waals surface area (Å²) in [6.07, 6.45) is 0. The number of benzene rings is 2. The maximum atomic E-state index is 13.7. The second-order valence-corrected chi connectivity index (χ2v) is 5.69. The first-order valence-corrected chi connectivity index (χ1v) is 7.08. The van der Waals surface area contributed by atoms with Crippen LogP contribution in [0.2, 0.25) is 5.02 Å². The molecule has 0 spiro atoms. The fourth-order valence-corrected chi connectivity index (χ4v) is 2.68. The molecule has 1 atom stereocenters. The maximum absolute atomic E-state index is 13.7. The summed E-state index contributed by atoms with van der Waals surface area (Å²) in [6.45, 7) is 1.75. The summed E-state index contributed by atoms with van der Waals surface area (Å²) in [5.74, 6) is -0.198. The van der Waals surface area contributed by atoms with E-state index in [1.807, 2.05) is 31.3 Å². The Balaban J connectivity index is 2.49. The van der Waals surface area contributed by atoms with Gasteiger partial charge in [0.1, 0.15) is 5.82 Å². The summed E-state index contributed by atoms with van der Waals surface area (Å²) in [4.78, 5) is 0. The second-order valence-electron chi connectivity index (χ2n) is 4.40. The molecule has 2 aromatic carbocycles. The largest absolute Gasteiger partial charge is 0.309 e. The van der Waals surface area contributed by atoms with Gasteiger partial charge in [-0.25, -0.2) is 4.39 Å². The molecule has 100 valence electrons. The van der Waals surface area contributed by atoms with Crippen molar-refractivity contribution in [2.75, 3.05) is 7.05 Å². The zero-order chi connectivity index (χ0) is 14.0. The molecule has 0 heterocycles. The number of rotatable bonds is 3. The van der Waals surface area contributed by atoms with Crippen molar-refractivity contribution in [3.8, 4) is 0 Å². The van der Waals surface area contributed by atoms with Crippen molar-refractivity contribution in [2.24, 2.45) is 0 Å². The van der Waals surface area contributed by atoms with Gasteiger partial charge in [0, 0.05) is 9.50 Å². The third-order valence-corrected chi connectivity index (χ3v) is 4.04. The first kappa shape index (κ1) is 14.5. The molecule has 0 saturated heterocycles. The normalized spacial score (nSPS) is 12.5. The molecule has 0 radical (unpaired) electrons.